The summed E-state index contributed by atoms with van der Waals surface area (Å²) in [6, 6.07) is 13.1. The molecule has 2 aliphatic heterocycles. The Bertz CT molecular complexity index is 903. The minimum Gasteiger partial charge on any atom is -0.486 e. The molecule has 0 N–H and O–H groups in total. The summed E-state index contributed by atoms with van der Waals surface area (Å²) in [5.41, 5.74) is 2.20. The topological polar surface area (TPSA) is 55.8 Å². The molecule has 1 amide bonds. The predicted octanol–water partition coefficient (Wildman–Crippen LogP) is 3.79. The van der Waals surface area contributed by atoms with Crippen LogP contribution in [0.4, 0.5) is 5.69 Å². The Balaban J connectivity index is 1.47. The Kier molecular flexibility index (Phi) is 4.38. The van der Waals surface area contributed by atoms with E-state index in [4.69, 9.17) is 9.47 Å². The lowest BCUT2D eigenvalue weighted by atomic mass is 9.93. The van der Waals surface area contributed by atoms with E-state index in [1.807, 2.05) is 32.0 Å². The summed E-state index contributed by atoms with van der Waals surface area (Å²) in [5.74, 6) is 1.04. The Morgan fingerprint density at radius 3 is 2.89 bits per heavy atom. The van der Waals surface area contributed by atoms with Gasteiger partial charge >= 0.3 is 0 Å². The van der Waals surface area contributed by atoms with Crippen LogP contribution in [0, 0.1) is 0 Å². The molecule has 0 radical (unpaired) electrons. The van der Waals surface area contributed by atoms with Crippen LogP contribution in [0.1, 0.15) is 42.6 Å². The number of hydrogen-bond donors (Lipinski definition) is 0. The third kappa shape index (κ3) is 3.54. The fourth-order valence-corrected chi connectivity index (χ4v) is 3.74. The molecule has 140 valence electrons. The zero-order valence-corrected chi connectivity index (χ0v) is 15.7. The number of benzene rings is 2. The van der Waals surface area contributed by atoms with Crippen LogP contribution in [0.15, 0.2) is 42.5 Å². The maximum atomic E-state index is 12.7. The summed E-state index contributed by atoms with van der Waals surface area (Å²) in [7, 11) is 0. The second-order valence-electron chi connectivity index (χ2n) is 7.69. The number of hydrogen-bond acceptors (Lipinski definition) is 4. The molecule has 0 unspecified atom stereocenters. The molecule has 0 spiro atoms. The Morgan fingerprint density at radius 2 is 2.04 bits per heavy atom. The molecule has 5 nitrogen and oxygen atoms in total. The average molecular weight is 365 g/mol. The molecule has 0 fully saturated rings. The third-order valence-electron chi connectivity index (χ3n) is 5.00. The third-order valence-corrected chi connectivity index (χ3v) is 5.00. The van der Waals surface area contributed by atoms with Gasteiger partial charge in [-0.2, -0.15) is 0 Å². The second-order valence-corrected chi connectivity index (χ2v) is 7.69. The highest BCUT2D eigenvalue weighted by Crippen LogP contribution is 2.35. The number of amides is 1. The van der Waals surface area contributed by atoms with Crippen molar-refractivity contribution < 1.29 is 19.1 Å². The summed E-state index contributed by atoms with van der Waals surface area (Å²) in [6.07, 6.45) is 2.30. The molecular formula is C22H23NO4. The minimum absolute atomic E-state index is 0.0511. The number of fused-ring (bicyclic) bond motifs is 2. The number of nitrogens with zero attached hydrogens (tertiary/aromatic N) is 1. The highest BCUT2D eigenvalue weighted by molar-refractivity contribution is 6.00. The average Bonchev–Trinajstić information content (AvgIpc) is 2.64. The number of rotatable bonds is 3. The van der Waals surface area contributed by atoms with Crippen molar-refractivity contribution in [1.82, 2.24) is 0 Å². The molecule has 2 aromatic rings. The molecule has 2 aliphatic rings. The zero-order chi connectivity index (χ0) is 19.0. The van der Waals surface area contributed by atoms with Crippen LogP contribution in [0.2, 0.25) is 0 Å². The van der Waals surface area contributed by atoms with E-state index in [0.29, 0.717) is 30.0 Å². The number of carbonyl (C=O) groups is 2. The molecule has 2 heterocycles. The van der Waals surface area contributed by atoms with E-state index in [-0.39, 0.29) is 18.3 Å². The molecule has 0 saturated heterocycles. The lowest BCUT2D eigenvalue weighted by molar-refractivity contribution is -0.120. The highest BCUT2D eigenvalue weighted by atomic mass is 16.5. The normalized spacial score (nSPS) is 17.6. The van der Waals surface area contributed by atoms with Gasteiger partial charge in [0.25, 0.3) is 5.91 Å². The smallest absolute Gasteiger partial charge is 0.264 e. The number of ether oxygens (including phenoxy) is 2. The van der Waals surface area contributed by atoms with Crippen LogP contribution < -0.4 is 14.4 Å². The highest BCUT2D eigenvalue weighted by Gasteiger charge is 2.32. The first-order valence-corrected chi connectivity index (χ1v) is 9.30. The number of Topliss-reactive ketones (excluding diaryl/α,β-unsaturated/α-hetero) is 1. The van der Waals surface area contributed by atoms with Gasteiger partial charge in [0.05, 0.1) is 12.0 Å². The van der Waals surface area contributed by atoms with Gasteiger partial charge in [0, 0.05) is 18.3 Å². The first-order valence-electron chi connectivity index (χ1n) is 9.30. The van der Waals surface area contributed by atoms with Gasteiger partial charge in [-0.15, -0.1) is 0 Å². The monoisotopic (exact) mass is 365 g/mol. The van der Waals surface area contributed by atoms with Crippen molar-refractivity contribution in [2.24, 2.45) is 0 Å². The quantitative estimate of drug-likeness (QED) is 0.830. The Hall–Kier alpha value is -2.82. The van der Waals surface area contributed by atoms with E-state index < -0.39 is 5.60 Å². The first kappa shape index (κ1) is 17.6. The van der Waals surface area contributed by atoms with E-state index in [9.17, 15) is 9.59 Å². The summed E-state index contributed by atoms with van der Waals surface area (Å²) in [6.45, 7) is 4.43. The fraction of sp³-hybridized carbons (Fsp3) is 0.364. The SMILES string of the molecule is CC1(C)CC(=O)c2ccc(OCC(=O)N3CCCc4ccccc43)cc2O1. The lowest BCUT2D eigenvalue weighted by Gasteiger charge is -2.31. The van der Waals surface area contributed by atoms with Crippen molar-refractivity contribution in [3.05, 3.63) is 53.6 Å². The van der Waals surface area contributed by atoms with Gasteiger partial charge in [-0.1, -0.05) is 18.2 Å². The maximum absolute atomic E-state index is 12.7. The standard InChI is InChI=1S/C22H23NO4/c1-22(2)13-19(24)17-10-9-16(12-20(17)27-22)26-14-21(25)23-11-5-7-15-6-3-4-8-18(15)23/h3-4,6,8-10,12H,5,7,11,13-14H2,1-2H3. The van der Waals surface area contributed by atoms with Crippen molar-refractivity contribution in [1.29, 1.82) is 0 Å². The van der Waals surface area contributed by atoms with Gasteiger partial charge in [0.2, 0.25) is 0 Å². The van der Waals surface area contributed by atoms with Gasteiger partial charge < -0.3 is 14.4 Å². The summed E-state index contributed by atoms with van der Waals surface area (Å²) in [5, 5.41) is 0. The number of carbonyl (C=O) groups excluding carboxylic acids is 2. The maximum Gasteiger partial charge on any atom is 0.264 e. The van der Waals surface area contributed by atoms with Crippen LogP contribution >= 0.6 is 0 Å². The molecule has 5 heteroatoms. The molecule has 0 aliphatic carbocycles. The van der Waals surface area contributed by atoms with Crippen molar-refractivity contribution >= 4 is 17.4 Å². The first-order chi connectivity index (χ1) is 12.9. The van der Waals surface area contributed by atoms with Crippen LogP contribution in [0.25, 0.3) is 0 Å². The van der Waals surface area contributed by atoms with Crippen molar-refractivity contribution in [2.45, 2.75) is 38.7 Å². The number of aryl methyl sites for hydroxylation is 1. The van der Waals surface area contributed by atoms with Gasteiger partial charge in [-0.25, -0.2) is 0 Å². The van der Waals surface area contributed by atoms with Crippen LogP contribution in [-0.4, -0.2) is 30.4 Å². The zero-order valence-electron chi connectivity index (χ0n) is 15.7. The number of ketones is 1. The van der Waals surface area contributed by atoms with Crippen LogP contribution in [-0.2, 0) is 11.2 Å². The minimum atomic E-state index is -0.532. The molecule has 4 rings (SSSR count). The molecule has 27 heavy (non-hydrogen) atoms. The van der Waals surface area contributed by atoms with Gasteiger partial charge in [0.15, 0.2) is 12.4 Å². The molecular weight excluding hydrogens is 342 g/mol. The molecule has 0 bridgehead atoms. The van der Waals surface area contributed by atoms with Gasteiger partial charge in [-0.05, 0) is 50.5 Å². The van der Waals surface area contributed by atoms with E-state index in [0.717, 1.165) is 18.5 Å². The van der Waals surface area contributed by atoms with E-state index >= 15 is 0 Å². The second kappa shape index (κ2) is 6.72. The summed E-state index contributed by atoms with van der Waals surface area (Å²) in [4.78, 5) is 26.7. The van der Waals surface area contributed by atoms with E-state index in [1.54, 1.807) is 23.1 Å². The van der Waals surface area contributed by atoms with Gasteiger partial charge in [0.1, 0.15) is 17.1 Å². The van der Waals surface area contributed by atoms with Crippen molar-refractivity contribution in [2.75, 3.05) is 18.1 Å². The van der Waals surface area contributed by atoms with Crippen molar-refractivity contribution in [3.63, 3.8) is 0 Å². The fourth-order valence-electron chi connectivity index (χ4n) is 3.74. The van der Waals surface area contributed by atoms with E-state index in [2.05, 4.69) is 6.07 Å². The molecule has 0 atom stereocenters. The van der Waals surface area contributed by atoms with Crippen LogP contribution in [0.5, 0.6) is 11.5 Å². The molecule has 0 aromatic heterocycles. The molecule has 2 aromatic carbocycles. The number of para-hydroxylation sites is 1. The summed E-state index contributed by atoms with van der Waals surface area (Å²) < 4.78 is 11.6. The summed E-state index contributed by atoms with van der Waals surface area (Å²) >= 11 is 0. The molecule has 0 saturated carbocycles. The predicted molar refractivity (Wildman–Crippen MR) is 103 cm³/mol. The van der Waals surface area contributed by atoms with Crippen LogP contribution in [0.3, 0.4) is 0 Å². The Labute approximate surface area is 158 Å². The number of anilines is 1. The van der Waals surface area contributed by atoms with E-state index in [1.165, 1.54) is 5.56 Å². The van der Waals surface area contributed by atoms with Crippen molar-refractivity contribution in [3.8, 4) is 11.5 Å². The van der Waals surface area contributed by atoms with Gasteiger partial charge in [-0.3, -0.25) is 9.59 Å². The Morgan fingerprint density at radius 1 is 1.22 bits per heavy atom. The largest absolute Gasteiger partial charge is 0.486 e. The lowest BCUT2D eigenvalue weighted by Crippen LogP contribution is -2.38.